The zero-order valence-corrected chi connectivity index (χ0v) is 12.9. The van der Waals surface area contributed by atoms with Crippen LogP contribution in [0.15, 0.2) is 59.5 Å². The highest BCUT2D eigenvalue weighted by Crippen LogP contribution is 2.20. The first-order valence-corrected chi connectivity index (χ1v) is 8.51. The molecule has 2 aromatic carbocycles. The van der Waals surface area contributed by atoms with Gasteiger partial charge in [-0.15, -0.1) is 0 Å². The molecular weight excluding hydrogens is 325 g/mol. The van der Waals surface area contributed by atoms with Gasteiger partial charge >= 0.3 is 0 Å². The molecule has 3 rings (SSSR count). The Labute approximate surface area is 132 Å². The van der Waals surface area contributed by atoms with E-state index in [-0.39, 0.29) is 16.5 Å². The topological polar surface area (TPSA) is 47.0 Å². The fourth-order valence-corrected chi connectivity index (χ4v) is 3.53. The van der Waals surface area contributed by atoms with E-state index >= 15 is 0 Å². The van der Waals surface area contributed by atoms with Gasteiger partial charge in [-0.05, 0) is 48.5 Å². The highest BCUT2D eigenvalue weighted by atomic mass is 35.5. The van der Waals surface area contributed by atoms with Crippen LogP contribution in [0, 0.1) is 5.82 Å². The number of sulfone groups is 1. The number of rotatable bonds is 3. The maximum absolute atomic E-state index is 13.1. The molecule has 0 aliphatic carbocycles. The Morgan fingerprint density at radius 1 is 1.00 bits per heavy atom. The lowest BCUT2D eigenvalue weighted by atomic mass is 10.2. The Hall–Kier alpha value is -1.98. The summed E-state index contributed by atoms with van der Waals surface area (Å²) in [7, 11) is -3.50. The summed E-state index contributed by atoms with van der Waals surface area (Å²) in [5, 5.41) is 1.11. The molecule has 1 aromatic heterocycles. The second-order valence-corrected chi connectivity index (χ2v) is 7.28. The van der Waals surface area contributed by atoms with Crippen molar-refractivity contribution in [2.24, 2.45) is 0 Å². The van der Waals surface area contributed by atoms with Gasteiger partial charge in [0, 0.05) is 10.4 Å². The molecular formula is C16H11ClFNO2S. The summed E-state index contributed by atoms with van der Waals surface area (Å²) >= 11 is 5.76. The maximum Gasteiger partial charge on any atom is 0.184 e. The van der Waals surface area contributed by atoms with Crippen LogP contribution in [0.3, 0.4) is 0 Å². The van der Waals surface area contributed by atoms with Gasteiger partial charge in [-0.1, -0.05) is 17.7 Å². The normalized spacial score (nSPS) is 11.7. The van der Waals surface area contributed by atoms with E-state index in [1.807, 2.05) is 0 Å². The summed E-state index contributed by atoms with van der Waals surface area (Å²) in [5.41, 5.74) is 0.972. The molecule has 0 N–H and O–H groups in total. The predicted molar refractivity (Wildman–Crippen MR) is 84.0 cm³/mol. The maximum atomic E-state index is 13.1. The van der Waals surface area contributed by atoms with Crippen LogP contribution in [0.5, 0.6) is 0 Å². The van der Waals surface area contributed by atoms with Crippen molar-refractivity contribution in [1.29, 1.82) is 0 Å². The summed E-state index contributed by atoms with van der Waals surface area (Å²) < 4.78 is 37.8. The van der Waals surface area contributed by atoms with Crippen LogP contribution >= 0.6 is 11.6 Å². The van der Waals surface area contributed by atoms with Crippen LogP contribution < -0.4 is 0 Å². The molecule has 0 unspecified atom stereocenters. The standard InChI is InChI=1S/C16H11ClFNO2S/c17-12-2-6-15(7-3-12)22(20,21)10-14-5-1-11-9-13(18)4-8-16(11)19-14/h1-9H,10H2. The molecule has 22 heavy (non-hydrogen) atoms. The summed E-state index contributed by atoms with van der Waals surface area (Å²) in [4.78, 5) is 4.47. The van der Waals surface area contributed by atoms with Crippen LogP contribution in [0.4, 0.5) is 4.39 Å². The molecule has 3 aromatic rings. The number of aromatic nitrogens is 1. The van der Waals surface area contributed by atoms with Crippen molar-refractivity contribution in [2.45, 2.75) is 10.6 Å². The minimum Gasteiger partial charge on any atom is -0.252 e. The highest BCUT2D eigenvalue weighted by Gasteiger charge is 2.16. The Bertz CT molecular complexity index is 940. The van der Waals surface area contributed by atoms with Crippen molar-refractivity contribution in [3.05, 3.63) is 71.1 Å². The smallest absolute Gasteiger partial charge is 0.184 e. The number of halogens is 2. The fourth-order valence-electron chi connectivity index (χ4n) is 2.14. The molecule has 0 saturated heterocycles. The number of nitrogens with zero attached hydrogens (tertiary/aromatic N) is 1. The van der Waals surface area contributed by atoms with E-state index in [0.29, 0.717) is 21.6 Å². The predicted octanol–water partition coefficient (Wildman–Crippen LogP) is 4.00. The third-order valence-electron chi connectivity index (χ3n) is 3.22. The van der Waals surface area contributed by atoms with Gasteiger partial charge in [-0.25, -0.2) is 12.8 Å². The van der Waals surface area contributed by atoms with E-state index in [9.17, 15) is 12.8 Å². The Morgan fingerprint density at radius 2 is 1.73 bits per heavy atom. The van der Waals surface area contributed by atoms with Crippen molar-refractivity contribution in [3.63, 3.8) is 0 Å². The molecule has 0 atom stereocenters. The third kappa shape index (κ3) is 3.10. The van der Waals surface area contributed by atoms with Crippen LogP contribution in [-0.2, 0) is 15.6 Å². The second-order valence-electron chi connectivity index (χ2n) is 4.85. The molecule has 0 aliphatic rings. The van der Waals surface area contributed by atoms with Crippen molar-refractivity contribution in [1.82, 2.24) is 4.98 Å². The fraction of sp³-hybridized carbons (Fsp3) is 0.0625. The van der Waals surface area contributed by atoms with Crippen LogP contribution in [0.1, 0.15) is 5.69 Å². The quantitative estimate of drug-likeness (QED) is 0.726. The summed E-state index contributed by atoms with van der Waals surface area (Å²) in [6.45, 7) is 0. The van der Waals surface area contributed by atoms with Gasteiger partial charge in [0.05, 0.1) is 21.9 Å². The summed E-state index contributed by atoms with van der Waals surface area (Å²) in [6, 6.07) is 13.4. The van der Waals surface area contributed by atoms with Crippen molar-refractivity contribution < 1.29 is 12.8 Å². The molecule has 6 heteroatoms. The second kappa shape index (κ2) is 5.66. The van der Waals surface area contributed by atoms with Crippen molar-refractivity contribution >= 4 is 32.3 Å². The average molecular weight is 336 g/mol. The van der Waals surface area contributed by atoms with Gasteiger partial charge in [-0.3, -0.25) is 4.98 Å². The molecule has 0 bridgehead atoms. The lowest BCUT2D eigenvalue weighted by Crippen LogP contribution is -2.06. The zero-order chi connectivity index (χ0) is 15.7. The van der Waals surface area contributed by atoms with E-state index in [1.165, 1.54) is 42.5 Å². The number of pyridine rings is 1. The van der Waals surface area contributed by atoms with Gasteiger partial charge < -0.3 is 0 Å². The molecule has 1 heterocycles. The molecule has 0 saturated carbocycles. The van der Waals surface area contributed by atoms with E-state index in [2.05, 4.69) is 4.98 Å². The lowest BCUT2D eigenvalue weighted by molar-refractivity contribution is 0.594. The number of benzene rings is 2. The summed E-state index contributed by atoms with van der Waals surface area (Å²) in [6.07, 6.45) is 0. The minimum absolute atomic E-state index is 0.193. The Kier molecular flexibility index (Phi) is 3.85. The van der Waals surface area contributed by atoms with E-state index < -0.39 is 9.84 Å². The first-order valence-electron chi connectivity index (χ1n) is 6.47. The van der Waals surface area contributed by atoms with Crippen molar-refractivity contribution in [3.8, 4) is 0 Å². The van der Waals surface area contributed by atoms with Crippen LogP contribution in [0.2, 0.25) is 5.02 Å². The highest BCUT2D eigenvalue weighted by molar-refractivity contribution is 7.90. The van der Waals surface area contributed by atoms with Gasteiger partial charge in [0.2, 0.25) is 0 Å². The lowest BCUT2D eigenvalue weighted by Gasteiger charge is -2.06. The zero-order valence-electron chi connectivity index (χ0n) is 11.3. The first-order chi connectivity index (χ1) is 10.4. The number of fused-ring (bicyclic) bond motifs is 1. The van der Waals surface area contributed by atoms with E-state index in [0.717, 1.165) is 0 Å². The molecule has 0 fully saturated rings. The SMILES string of the molecule is O=S(=O)(Cc1ccc2cc(F)ccc2n1)c1ccc(Cl)cc1. The molecule has 0 aliphatic heterocycles. The van der Waals surface area contributed by atoms with Gasteiger partial charge in [0.1, 0.15) is 5.82 Å². The van der Waals surface area contributed by atoms with Crippen LogP contribution in [0.25, 0.3) is 10.9 Å². The first kappa shape index (κ1) is 14.9. The Balaban J connectivity index is 1.95. The van der Waals surface area contributed by atoms with Crippen LogP contribution in [-0.4, -0.2) is 13.4 Å². The van der Waals surface area contributed by atoms with E-state index in [1.54, 1.807) is 12.1 Å². The van der Waals surface area contributed by atoms with Gasteiger partial charge in [-0.2, -0.15) is 0 Å². The number of hydrogen-bond acceptors (Lipinski definition) is 3. The molecule has 112 valence electrons. The molecule has 0 spiro atoms. The Morgan fingerprint density at radius 3 is 2.45 bits per heavy atom. The van der Waals surface area contributed by atoms with Crippen molar-refractivity contribution in [2.75, 3.05) is 0 Å². The molecule has 0 radical (unpaired) electrons. The average Bonchev–Trinajstić information content (AvgIpc) is 2.47. The van der Waals surface area contributed by atoms with Gasteiger partial charge in [0.15, 0.2) is 9.84 Å². The number of hydrogen-bond donors (Lipinski definition) is 0. The molecule has 0 amide bonds. The molecule has 3 nitrogen and oxygen atoms in total. The largest absolute Gasteiger partial charge is 0.252 e. The third-order valence-corrected chi connectivity index (χ3v) is 5.14. The van der Waals surface area contributed by atoms with E-state index in [4.69, 9.17) is 11.6 Å². The minimum atomic E-state index is -3.50. The monoisotopic (exact) mass is 335 g/mol. The summed E-state index contributed by atoms with van der Waals surface area (Å²) in [5.74, 6) is -0.571. The van der Waals surface area contributed by atoms with Gasteiger partial charge in [0.25, 0.3) is 0 Å².